The second-order valence-electron chi connectivity index (χ2n) is 5.72. The third-order valence-electron chi connectivity index (χ3n) is 3.84. The maximum absolute atomic E-state index is 12.5. The minimum absolute atomic E-state index is 0.145. The highest BCUT2D eigenvalue weighted by atomic mass is 19.3. The molecule has 0 saturated carbocycles. The normalized spacial score (nSPS) is 13.0. The Labute approximate surface area is 156 Å². The highest BCUT2D eigenvalue weighted by Crippen LogP contribution is 2.32. The van der Waals surface area contributed by atoms with Crippen LogP contribution in [0.2, 0.25) is 0 Å². The molecule has 0 fully saturated rings. The van der Waals surface area contributed by atoms with Gasteiger partial charge in [-0.2, -0.15) is 8.78 Å². The minimum atomic E-state index is -2.86. The van der Waals surface area contributed by atoms with Crippen LogP contribution in [0.1, 0.15) is 18.1 Å². The average molecular weight is 377 g/mol. The summed E-state index contributed by atoms with van der Waals surface area (Å²) >= 11 is 0. The number of hydrogen-bond donors (Lipinski definition) is 2. The van der Waals surface area contributed by atoms with Crippen molar-refractivity contribution < 1.29 is 23.0 Å². The summed E-state index contributed by atoms with van der Waals surface area (Å²) in [6, 6.07) is 12.3. The molecule has 0 aromatic heterocycles. The topological polar surface area (TPSA) is 64.1 Å². The molecule has 6 nitrogen and oxygen atoms in total. The quantitative estimate of drug-likeness (QED) is 0.573. The summed E-state index contributed by atoms with van der Waals surface area (Å²) in [5.41, 5.74) is 1.59. The van der Waals surface area contributed by atoms with Crippen molar-refractivity contribution >= 4 is 5.96 Å². The van der Waals surface area contributed by atoms with Gasteiger partial charge < -0.3 is 24.8 Å². The zero-order valence-corrected chi connectivity index (χ0v) is 14.9. The average Bonchev–Trinajstić information content (AvgIpc) is 3.12. The number of rotatable bonds is 7. The number of nitrogens with one attached hydrogen (secondary N) is 2. The van der Waals surface area contributed by atoms with E-state index in [1.54, 1.807) is 18.2 Å². The van der Waals surface area contributed by atoms with Crippen molar-refractivity contribution in [2.45, 2.75) is 26.6 Å². The highest BCUT2D eigenvalue weighted by molar-refractivity contribution is 5.79. The van der Waals surface area contributed by atoms with Crippen molar-refractivity contribution in [2.24, 2.45) is 4.99 Å². The molecule has 2 N–H and O–H groups in total. The highest BCUT2D eigenvalue weighted by Gasteiger charge is 2.13. The number of aliphatic imine (C=N–C) groups is 1. The monoisotopic (exact) mass is 377 g/mol. The summed E-state index contributed by atoms with van der Waals surface area (Å²) in [4.78, 5) is 4.52. The summed E-state index contributed by atoms with van der Waals surface area (Å²) in [6.45, 7) is 0.719. The molecule has 144 valence electrons. The van der Waals surface area contributed by atoms with Crippen LogP contribution in [-0.4, -0.2) is 25.9 Å². The summed E-state index contributed by atoms with van der Waals surface area (Å²) in [5.74, 6) is 2.15. The lowest BCUT2D eigenvalue weighted by molar-refractivity contribution is -0.0504. The van der Waals surface area contributed by atoms with Crippen LogP contribution in [0.15, 0.2) is 47.5 Å². The Morgan fingerprint density at radius 2 is 1.96 bits per heavy atom. The summed E-state index contributed by atoms with van der Waals surface area (Å²) in [7, 11) is 0. The van der Waals surface area contributed by atoms with Gasteiger partial charge in [-0.25, -0.2) is 4.99 Å². The molecule has 0 radical (unpaired) electrons. The van der Waals surface area contributed by atoms with Crippen LogP contribution in [0.25, 0.3) is 0 Å². The Balaban J connectivity index is 1.64. The van der Waals surface area contributed by atoms with Gasteiger partial charge in [-0.15, -0.1) is 0 Å². The molecule has 8 heteroatoms. The molecule has 0 amide bonds. The first kappa shape index (κ1) is 18.8. The van der Waals surface area contributed by atoms with Crippen LogP contribution in [-0.2, 0) is 13.1 Å². The molecule has 0 bridgehead atoms. The third kappa shape index (κ3) is 5.22. The fourth-order valence-corrected chi connectivity index (χ4v) is 2.59. The van der Waals surface area contributed by atoms with Crippen molar-refractivity contribution in [3.05, 3.63) is 53.6 Å². The van der Waals surface area contributed by atoms with Gasteiger partial charge in [-0.05, 0) is 30.7 Å². The fraction of sp³-hybridized carbons (Fsp3) is 0.316. The van der Waals surface area contributed by atoms with Gasteiger partial charge in [0.2, 0.25) is 6.79 Å². The number of para-hydroxylation sites is 1. The first-order valence-corrected chi connectivity index (χ1v) is 8.59. The van der Waals surface area contributed by atoms with E-state index in [0.717, 1.165) is 11.3 Å². The van der Waals surface area contributed by atoms with E-state index in [1.165, 1.54) is 6.07 Å². The van der Waals surface area contributed by atoms with Crippen molar-refractivity contribution in [3.8, 4) is 17.2 Å². The SMILES string of the molecule is CCNC(=NCc1ccc2c(c1)OCO2)NCc1ccccc1OC(F)F. The summed E-state index contributed by atoms with van der Waals surface area (Å²) in [6.07, 6.45) is 0. The van der Waals surface area contributed by atoms with Gasteiger partial charge >= 0.3 is 6.61 Å². The maximum Gasteiger partial charge on any atom is 0.387 e. The molecule has 1 heterocycles. The van der Waals surface area contributed by atoms with Gasteiger partial charge in [-0.1, -0.05) is 24.3 Å². The molecule has 1 aliphatic heterocycles. The second kappa shape index (κ2) is 9.07. The van der Waals surface area contributed by atoms with Gasteiger partial charge in [0.05, 0.1) is 6.54 Å². The molecule has 27 heavy (non-hydrogen) atoms. The summed E-state index contributed by atoms with van der Waals surface area (Å²) < 4.78 is 40.3. The fourth-order valence-electron chi connectivity index (χ4n) is 2.59. The number of nitrogens with zero attached hydrogens (tertiary/aromatic N) is 1. The van der Waals surface area contributed by atoms with E-state index in [0.29, 0.717) is 36.9 Å². The molecule has 1 aliphatic rings. The molecule has 3 rings (SSSR count). The number of fused-ring (bicyclic) bond motifs is 1. The van der Waals surface area contributed by atoms with Crippen molar-refractivity contribution in [3.63, 3.8) is 0 Å². The van der Waals surface area contributed by atoms with Crippen LogP contribution >= 0.6 is 0 Å². The second-order valence-corrected chi connectivity index (χ2v) is 5.72. The number of guanidine groups is 1. The smallest absolute Gasteiger partial charge is 0.387 e. The van der Waals surface area contributed by atoms with Crippen molar-refractivity contribution in [1.29, 1.82) is 0 Å². The van der Waals surface area contributed by atoms with Gasteiger partial charge in [0.15, 0.2) is 17.5 Å². The molecule has 2 aromatic rings. The first-order valence-electron chi connectivity index (χ1n) is 8.59. The first-order chi connectivity index (χ1) is 13.2. The van der Waals surface area contributed by atoms with Crippen LogP contribution in [0.4, 0.5) is 8.78 Å². The van der Waals surface area contributed by atoms with Gasteiger partial charge in [0.25, 0.3) is 0 Å². The number of halogens is 2. The number of alkyl halides is 2. The predicted octanol–water partition coefficient (Wildman–Crippen LogP) is 3.27. The Morgan fingerprint density at radius 3 is 2.78 bits per heavy atom. The minimum Gasteiger partial charge on any atom is -0.454 e. The van der Waals surface area contributed by atoms with Gasteiger partial charge in [0.1, 0.15) is 5.75 Å². The Hall–Kier alpha value is -3.03. The Morgan fingerprint density at radius 1 is 1.15 bits per heavy atom. The Bertz CT molecular complexity index is 800. The molecule has 0 saturated heterocycles. The van der Waals surface area contributed by atoms with Gasteiger partial charge in [0, 0.05) is 18.7 Å². The maximum atomic E-state index is 12.5. The zero-order valence-electron chi connectivity index (χ0n) is 14.9. The van der Waals surface area contributed by atoms with Crippen LogP contribution < -0.4 is 24.8 Å². The van der Waals surface area contributed by atoms with Crippen molar-refractivity contribution in [1.82, 2.24) is 10.6 Å². The molecular weight excluding hydrogens is 356 g/mol. The molecule has 2 aromatic carbocycles. The van der Waals surface area contributed by atoms with E-state index >= 15 is 0 Å². The lowest BCUT2D eigenvalue weighted by Crippen LogP contribution is -2.36. The van der Waals surface area contributed by atoms with E-state index < -0.39 is 6.61 Å². The van der Waals surface area contributed by atoms with Crippen LogP contribution in [0, 0.1) is 0 Å². The number of ether oxygens (including phenoxy) is 3. The molecule has 0 atom stereocenters. The number of benzene rings is 2. The van der Waals surface area contributed by atoms with Crippen LogP contribution in [0.5, 0.6) is 17.2 Å². The summed E-state index contributed by atoms with van der Waals surface area (Å²) in [5, 5.41) is 6.26. The molecular formula is C19H21F2N3O3. The van der Waals surface area contributed by atoms with E-state index in [1.807, 2.05) is 25.1 Å². The predicted molar refractivity (Wildman–Crippen MR) is 97.3 cm³/mol. The third-order valence-corrected chi connectivity index (χ3v) is 3.84. The molecule has 0 aliphatic carbocycles. The van der Waals surface area contributed by atoms with E-state index in [2.05, 4.69) is 20.4 Å². The van der Waals surface area contributed by atoms with E-state index in [9.17, 15) is 8.78 Å². The van der Waals surface area contributed by atoms with Crippen LogP contribution in [0.3, 0.4) is 0 Å². The zero-order chi connectivity index (χ0) is 19.1. The van der Waals surface area contributed by atoms with E-state index in [-0.39, 0.29) is 12.5 Å². The lowest BCUT2D eigenvalue weighted by atomic mass is 10.2. The van der Waals surface area contributed by atoms with Gasteiger partial charge in [-0.3, -0.25) is 0 Å². The lowest BCUT2D eigenvalue weighted by Gasteiger charge is -2.14. The van der Waals surface area contributed by atoms with Crippen molar-refractivity contribution in [2.75, 3.05) is 13.3 Å². The number of hydrogen-bond acceptors (Lipinski definition) is 4. The molecule has 0 spiro atoms. The standard InChI is InChI=1S/C19H21F2N3O3/c1-2-22-19(23-10-13-7-8-16-17(9-13)26-12-25-16)24-11-14-5-3-4-6-15(14)27-18(20)21/h3-9,18H,2,10-12H2,1H3,(H2,22,23,24). The Kier molecular flexibility index (Phi) is 6.30. The largest absolute Gasteiger partial charge is 0.454 e. The van der Waals surface area contributed by atoms with E-state index in [4.69, 9.17) is 9.47 Å². The molecule has 0 unspecified atom stereocenters.